The topological polar surface area (TPSA) is 20.3 Å². The van der Waals surface area contributed by atoms with Crippen LogP contribution in [0.1, 0.15) is 35.4 Å². The lowest BCUT2D eigenvalue weighted by atomic mass is 9.93. The largest absolute Gasteiger partial charge is 0.331 e. The highest BCUT2D eigenvalue weighted by atomic mass is 35.5. The Kier molecular flexibility index (Phi) is 4.25. The molecule has 1 aliphatic rings. The van der Waals surface area contributed by atoms with E-state index in [1.807, 2.05) is 24.0 Å². The number of hydrogen-bond donors (Lipinski definition) is 0. The minimum atomic E-state index is -0.0998. The summed E-state index contributed by atoms with van der Waals surface area (Å²) in [6.45, 7) is 2.63. The third kappa shape index (κ3) is 2.70. The van der Waals surface area contributed by atoms with Gasteiger partial charge in [0.25, 0.3) is 0 Å². The zero-order valence-corrected chi connectivity index (χ0v) is 13.9. The normalized spacial score (nSPS) is 17.7. The maximum absolute atomic E-state index is 12.3. The van der Waals surface area contributed by atoms with Crippen LogP contribution in [0.2, 0.25) is 10.0 Å². The number of benzene rings is 1. The summed E-state index contributed by atoms with van der Waals surface area (Å²) in [7, 11) is 0. The first kappa shape index (κ1) is 14.9. The first-order valence-corrected chi connectivity index (χ1v) is 8.56. The van der Waals surface area contributed by atoms with Crippen molar-refractivity contribution in [3.8, 4) is 0 Å². The second kappa shape index (κ2) is 5.99. The minimum Gasteiger partial charge on any atom is -0.331 e. The molecule has 2 heterocycles. The van der Waals surface area contributed by atoms with Crippen molar-refractivity contribution in [3.05, 3.63) is 55.7 Å². The molecule has 0 saturated carbocycles. The Balaban J connectivity index is 2.12. The van der Waals surface area contributed by atoms with Crippen LogP contribution in [-0.2, 0) is 11.2 Å². The quantitative estimate of drug-likeness (QED) is 0.758. The standard InChI is InChI=1S/C16H15Cl2NOS/c1-2-15(20)19-7-5-14-12(6-8-21-14)16(19)11-4-3-10(17)9-13(11)18/h3-4,6,8-9,16H,2,5,7H2,1H3/t16-/m1/s1. The Labute approximate surface area is 138 Å². The third-order valence-corrected chi connectivity index (χ3v) is 5.40. The number of hydrogen-bond acceptors (Lipinski definition) is 2. The molecule has 0 aliphatic carbocycles. The molecule has 5 heteroatoms. The van der Waals surface area contributed by atoms with Crippen LogP contribution in [0.4, 0.5) is 0 Å². The van der Waals surface area contributed by atoms with Gasteiger partial charge in [-0.15, -0.1) is 11.3 Å². The summed E-state index contributed by atoms with van der Waals surface area (Å²) in [5.41, 5.74) is 2.14. The van der Waals surface area contributed by atoms with Gasteiger partial charge in [-0.25, -0.2) is 0 Å². The van der Waals surface area contributed by atoms with Crippen molar-refractivity contribution in [3.63, 3.8) is 0 Å². The molecule has 2 aromatic rings. The molecule has 21 heavy (non-hydrogen) atoms. The van der Waals surface area contributed by atoms with Crippen LogP contribution in [0.5, 0.6) is 0 Å². The van der Waals surface area contributed by atoms with Crippen molar-refractivity contribution in [1.82, 2.24) is 4.90 Å². The fraction of sp³-hybridized carbons (Fsp3) is 0.312. The lowest BCUT2D eigenvalue weighted by Gasteiger charge is -2.36. The van der Waals surface area contributed by atoms with Gasteiger partial charge in [0.1, 0.15) is 0 Å². The van der Waals surface area contributed by atoms with Gasteiger partial charge in [-0.05, 0) is 41.1 Å². The number of halogens is 2. The molecule has 0 spiro atoms. The Morgan fingerprint density at radius 2 is 2.14 bits per heavy atom. The van der Waals surface area contributed by atoms with Crippen LogP contribution in [0.15, 0.2) is 29.6 Å². The van der Waals surface area contributed by atoms with Gasteiger partial charge in [0.05, 0.1) is 6.04 Å². The Bertz CT molecular complexity index is 683. The summed E-state index contributed by atoms with van der Waals surface area (Å²) in [6, 6.07) is 7.51. The molecule has 3 rings (SSSR count). The number of rotatable bonds is 2. The zero-order chi connectivity index (χ0) is 15.0. The van der Waals surface area contributed by atoms with Gasteiger partial charge in [-0.1, -0.05) is 36.2 Å². The van der Waals surface area contributed by atoms with Crippen LogP contribution in [0.25, 0.3) is 0 Å². The van der Waals surface area contributed by atoms with E-state index in [9.17, 15) is 4.79 Å². The van der Waals surface area contributed by atoms with E-state index >= 15 is 0 Å². The number of nitrogens with zero attached hydrogens (tertiary/aromatic N) is 1. The van der Waals surface area contributed by atoms with E-state index in [-0.39, 0.29) is 11.9 Å². The molecular formula is C16H15Cl2NOS. The molecule has 0 unspecified atom stereocenters. The molecule has 1 aromatic heterocycles. The van der Waals surface area contributed by atoms with Crippen LogP contribution in [-0.4, -0.2) is 17.4 Å². The van der Waals surface area contributed by atoms with E-state index in [1.165, 1.54) is 10.4 Å². The number of carbonyl (C=O) groups is 1. The summed E-state index contributed by atoms with van der Waals surface area (Å²) in [6.07, 6.45) is 1.42. The molecule has 0 fully saturated rings. The molecule has 1 aliphatic heterocycles. The zero-order valence-electron chi connectivity index (χ0n) is 11.6. The second-order valence-electron chi connectivity index (χ2n) is 5.06. The van der Waals surface area contributed by atoms with Gasteiger partial charge in [0.2, 0.25) is 5.91 Å². The molecule has 110 valence electrons. The fourth-order valence-electron chi connectivity index (χ4n) is 2.85. The molecule has 1 amide bonds. The predicted octanol–water partition coefficient (Wildman–Crippen LogP) is 4.94. The first-order valence-electron chi connectivity index (χ1n) is 6.92. The maximum atomic E-state index is 12.3. The molecular weight excluding hydrogens is 325 g/mol. The molecule has 0 radical (unpaired) electrons. The maximum Gasteiger partial charge on any atom is 0.223 e. The predicted molar refractivity (Wildman–Crippen MR) is 88.3 cm³/mol. The smallest absolute Gasteiger partial charge is 0.223 e. The number of thiophene rings is 1. The van der Waals surface area contributed by atoms with Gasteiger partial charge in [-0.2, -0.15) is 0 Å². The monoisotopic (exact) mass is 339 g/mol. The van der Waals surface area contributed by atoms with Crippen molar-refractivity contribution >= 4 is 40.4 Å². The van der Waals surface area contributed by atoms with Crippen molar-refractivity contribution < 1.29 is 4.79 Å². The summed E-state index contributed by atoms with van der Waals surface area (Å²) in [4.78, 5) is 15.6. The SMILES string of the molecule is CCC(=O)N1CCc2sccc2[C@H]1c1ccc(Cl)cc1Cl. The minimum absolute atomic E-state index is 0.0998. The van der Waals surface area contributed by atoms with Crippen LogP contribution < -0.4 is 0 Å². The highest BCUT2D eigenvalue weighted by molar-refractivity contribution is 7.10. The molecule has 1 aromatic carbocycles. The lowest BCUT2D eigenvalue weighted by molar-refractivity contribution is -0.132. The van der Waals surface area contributed by atoms with Gasteiger partial charge in [0, 0.05) is 27.9 Å². The number of carbonyl (C=O) groups excluding carboxylic acids is 1. The van der Waals surface area contributed by atoms with E-state index in [0.717, 1.165) is 18.5 Å². The van der Waals surface area contributed by atoms with Gasteiger partial charge in [0.15, 0.2) is 0 Å². The highest BCUT2D eigenvalue weighted by Crippen LogP contribution is 2.41. The van der Waals surface area contributed by atoms with E-state index in [2.05, 4.69) is 11.4 Å². The average Bonchev–Trinajstić information content (AvgIpc) is 2.94. The van der Waals surface area contributed by atoms with Crippen molar-refractivity contribution in [2.75, 3.05) is 6.54 Å². The third-order valence-electron chi connectivity index (χ3n) is 3.85. The van der Waals surface area contributed by atoms with E-state index < -0.39 is 0 Å². The van der Waals surface area contributed by atoms with E-state index in [1.54, 1.807) is 17.4 Å². The second-order valence-corrected chi connectivity index (χ2v) is 6.90. The fourth-order valence-corrected chi connectivity index (χ4v) is 4.26. The van der Waals surface area contributed by atoms with Crippen LogP contribution in [0, 0.1) is 0 Å². The van der Waals surface area contributed by atoms with Crippen molar-refractivity contribution in [2.24, 2.45) is 0 Å². The average molecular weight is 340 g/mol. The van der Waals surface area contributed by atoms with Crippen LogP contribution in [0.3, 0.4) is 0 Å². The van der Waals surface area contributed by atoms with E-state index in [0.29, 0.717) is 16.5 Å². The lowest BCUT2D eigenvalue weighted by Crippen LogP contribution is -2.39. The van der Waals surface area contributed by atoms with Crippen molar-refractivity contribution in [1.29, 1.82) is 0 Å². The molecule has 0 N–H and O–H groups in total. The highest BCUT2D eigenvalue weighted by Gasteiger charge is 2.33. The summed E-state index contributed by atoms with van der Waals surface area (Å²) < 4.78 is 0. The number of fused-ring (bicyclic) bond motifs is 1. The number of amides is 1. The Hall–Kier alpha value is -1.03. The van der Waals surface area contributed by atoms with Gasteiger partial charge in [-0.3, -0.25) is 4.79 Å². The summed E-state index contributed by atoms with van der Waals surface area (Å²) in [5, 5.41) is 3.31. The Morgan fingerprint density at radius 1 is 1.33 bits per heavy atom. The van der Waals surface area contributed by atoms with Gasteiger partial charge >= 0.3 is 0 Å². The molecule has 2 nitrogen and oxygen atoms in total. The molecule has 1 atom stereocenters. The summed E-state index contributed by atoms with van der Waals surface area (Å²) in [5.74, 6) is 0.155. The van der Waals surface area contributed by atoms with E-state index in [4.69, 9.17) is 23.2 Å². The molecule has 0 saturated heterocycles. The van der Waals surface area contributed by atoms with Crippen molar-refractivity contribution in [2.45, 2.75) is 25.8 Å². The first-order chi connectivity index (χ1) is 10.1. The van der Waals surface area contributed by atoms with Gasteiger partial charge < -0.3 is 4.90 Å². The van der Waals surface area contributed by atoms with Crippen LogP contribution >= 0.6 is 34.5 Å². The Morgan fingerprint density at radius 3 is 2.86 bits per heavy atom. The molecule has 0 bridgehead atoms. The summed E-state index contributed by atoms with van der Waals surface area (Å²) >= 11 is 14.1.